The molecule has 0 aromatic rings. The van der Waals surface area contributed by atoms with Gasteiger partial charge in [-0.3, -0.25) is 0 Å². The first-order valence-electron chi connectivity index (χ1n) is 6.49. The number of unbranched alkanes of at least 4 members (excludes halogenated alkanes) is 3. The van der Waals surface area contributed by atoms with Crippen LogP contribution in [0.5, 0.6) is 0 Å². The summed E-state index contributed by atoms with van der Waals surface area (Å²) in [7, 11) is 0. The minimum atomic E-state index is -3.38. The Kier molecular flexibility index (Phi) is 8.30. The van der Waals surface area contributed by atoms with E-state index in [1.807, 2.05) is 22.6 Å². The van der Waals surface area contributed by atoms with Crippen LogP contribution < -0.4 is 0 Å². The fourth-order valence-corrected chi connectivity index (χ4v) is 2.64. The summed E-state index contributed by atoms with van der Waals surface area (Å²) < 4.78 is 31.0. The van der Waals surface area contributed by atoms with Crippen molar-refractivity contribution in [1.29, 1.82) is 0 Å². The molecule has 5 heteroatoms. The second-order valence-corrected chi connectivity index (χ2v) is 7.43. The van der Waals surface area contributed by atoms with Gasteiger partial charge in [0, 0.05) is 9.84 Å². The fraction of sp³-hybridized carbons (Fsp3) is 0.923. The number of carbonyl (C=O) groups is 1. The third kappa shape index (κ3) is 7.48. The molecular formula is C13H23F2IO2. The quantitative estimate of drug-likeness (QED) is 0.252. The van der Waals surface area contributed by atoms with Gasteiger partial charge in [-0.05, 0) is 13.3 Å². The molecule has 0 N–H and O–H groups in total. The number of hydrogen-bond acceptors (Lipinski definition) is 2. The van der Waals surface area contributed by atoms with Gasteiger partial charge in [-0.2, -0.15) is 8.78 Å². The van der Waals surface area contributed by atoms with Crippen LogP contribution in [0.25, 0.3) is 0 Å². The van der Waals surface area contributed by atoms with E-state index in [2.05, 4.69) is 11.7 Å². The van der Waals surface area contributed by atoms with Crippen LogP contribution in [-0.2, 0) is 9.53 Å². The summed E-state index contributed by atoms with van der Waals surface area (Å²) in [5.74, 6) is -4.78. The SMILES string of the molecule is CCCCCCC(C)(I)CC(F)(F)C(=O)OCC. The van der Waals surface area contributed by atoms with Gasteiger partial charge in [0.25, 0.3) is 0 Å². The maximum absolute atomic E-state index is 13.6. The second kappa shape index (κ2) is 8.27. The van der Waals surface area contributed by atoms with E-state index in [0.29, 0.717) is 6.42 Å². The third-order valence-corrected chi connectivity index (χ3v) is 3.64. The van der Waals surface area contributed by atoms with Crippen molar-refractivity contribution in [3.8, 4) is 0 Å². The van der Waals surface area contributed by atoms with Gasteiger partial charge < -0.3 is 4.74 Å². The third-order valence-electron chi connectivity index (χ3n) is 2.72. The predicted molar refractivity (Wildman–Crippen MR) is 77.4 cm³/mol. The van der Waals surface area contributed by atoms with Crippen LogP contribution in [-0.4, -0.2) is 21.9 Å². The smallest absolute Gasteiger partial charge is 0.377 e. The van der Waals surface area contributed by atoms with E-state index in [4.69, 9.17) is 0 Å². The van der Waals surface area contributed by atoms with E-state index >= 15 is 0 Å². The number of rotatable bonds is 9. The van der Waals surface area contributed by atoms with Gasteiger partial charge in [0.15, 0.2) is 0 Å². The van der Waals surface area contributed by atoms with Gasteiger partial charge in [-0.25, -0.2) is 4.79 Å². The van der Waals surface area contributed by atoms with Crippen LogP contribution in [0, 0.1) is 0 Å². The molecule has 0 bridgehead atoms. The Morgan fingerprint density at radius 3 is 2.33 bits per heavy atom. The molecule has 1 unspecified atom stereocenters. The first-order chi connectivity index (χ1) is 8.25. The normalized spacial score (nSPS) is 15.2. The highest BCUT2D eigenvalue weighted by Gasteiger charge is 2.45. The van der Waals surface area contributed by atoms with E-state index in [0.717, 1.165) is 25.7 Å². The predicted octanol–water partition coefficient (Wildman–Crippen LogP) is 4.74. The van der Waals surface area contributed by atoms with Crippen LogP contribution in [0.1, 0.15) is 59.3 Å². The molecule has 0 aliphatic heterocycles. The Bertz CT molecular complexity index is 255. The first kappa shape index (κ1) is 18.1. The molecule has 0 aromatic carbocycles. The number of halogens is 3. The second-order valence-electron chi connectivity index (χ2n) is 4.83. The van der Waals surface area contributed by atoms with Crippen LogP contribution in [0.3, 0.4) is 0 Å². The Labute approximate surface area is 122 Å². The Balaban J connectivity index is 4.23. The molecule has 0 rings (SSSR count). The molecule has 0 fully saturated rings. The van der Waals surface area contributed by atoms with Crippen molar-refractivity contribution in [1.82, 2.24) is 0 Å². The summed E-state index contributed by atoms with van der Waals surface area (Å²) in [6.45, 7) is 5.40. The average Bonchev–Trinajstić information content (AvgIpc) is 2.23. The Hall–Kier alpha value is 0.0600. The lowest BCUT2D eigenvalue weighted by Crippen LogP contribution is -2.37. The zero-order chi connectivity index (χ0) is 14.2. The highest BCUT2D eigenvalue weighted by atomic mass is 127. The molecule has 0 spiro atoms. The lowest BCUT2D eigenvalue weighted by molar-refractivity contribution is -0.173. The van der Waals surface area contributed by atoms with Crippen LogP contribution >= 0.6 is 22.6 Å². The summed E-state index contributed by atoms with van der Waals surface area (Å²) in [5, 5.41) is 0. The van der Waals surface area contributed by atoms with E-state index in [-0.39, 0.29) is 6.61 Å². The van der Waals surface area contributed by atoms with Gasteiger partial charge in [0.2, 0.25) is 0 Å². The average molecular weight is 376 g/mol. The van der Waals surface area contributed by atoms with Crippen molar-refractivity contribution in [2.45, 2.75) is 68.6 Å². The largest absolute Gasteiger partial charge is 0.462 e. The molecule has 0 aromatic heterocycles. The van der Waals surface area contributed by atoms with E-state index < -0.39 is 21.7 Å². The van der Waals surface area contributed by atoms with Crippen molar-refractivity contribution >= 4 is 28.6 Å². The molecule has 1 atom stereocenters. The number of ether oxygens (including phenoxy) is 1. The molecule has 0 aliphatic carbocycles. The topological polar surface area (TPSA) is 26.3 Å². The van der Waals surface area contributed by atoms with Crippen molar-refractivity contribution in [2.75, 3.05) is 6.61 Å². The zero-order valence-corrected chi connectivity index (χ0v) is 13.6. The lowest BCUT2D eigenvalue weighted by Gasteiger charge is -2.26. The van der Waals surface area contributed by atoms with Gasteiger partial charge in [-0.15, -0.1) is 0 Å². The lowest BCUT2D eigenvalue weighted by atomic mass is 9.96. The van der Waals surface area contributed by atoms with Crippen molar-refractivity contribution in [2.24, 2.45) is 0 Å². The maximum atomic E-state index is 13.6. The molecule has 0 radical (unpaired) electrons. The van der Waals surface area contributed by atoms with Gasteiger partial charge in [0.1, 0.15) is 0 Å². The van der Waals surface area contributed by atoms with Gasteiger partial charge in [-0.1, -0.05) is 62.1 Å². The van der Waals surface area contributed by atoms with Crippen LogP contribution in [0.4, 0.5) is 8.78 Å². The van der Waals surface area contributed by atoms with Crippen molar-refractivity contribution in [3.05, 3.63) is 0 Å². The van der Waals surface area contributed by atoms with Gasteiger partial charge >= 0.3 is 11.9 Å². The fourth-order valence-electron chi connectivity index (χ4n) is 1.78. The summed E-state index contributed by atoms with van der Waals surface area (Å²) >= 11 is 2.03. The Morgan fingerprint density at radius 1 is 1.22 bits per heavy atom. The Morgan fingerprint density at radius 2 is 1.83 bits per heavy atom. The molecule has 0 aliphatic rings. The zero-order valence-electron chi connectivity index (χ0n) is 11.4. The number of hydrogen-bond donors (Lipinski definition) is 0. The molecule has 0 heterocycles. The molecule has 18 heavy (non-hydrogen) atoms. The molecule has 0 saturated heterocycles. The standard InChI is InChI=1S/C13H23F2IO2/c1-4-6-7-8-9-12(3,16)10-13(14,15)11(17)18-5-2/h4-10H2,1-3H3. The molecule has 108 valence electrons. The molecule has 2 nitrogen and oxygen atoms in total. The summed E-state index contributed by atoms with van der Waals surface area (Å²) in [6.07, 6.45) is 4.47. The highest BCUT2D eigenvalue weighted by Crippen LogP contribution is 2.37. The van der Waals surface area contributed by atoms with E-state index in [1.54, 1.807) is 6.92 Å². The van der Waals surface area contributed by atoms with Crippen molar-refractivity contribution in [3.63, 3.8) is 0 Å². The van der Waals surface area contributed by atoms with E-state index in [1.165, 1.54) is 6.92 Å². The van der Waals surface area contributed by atoms with Crippen LogP contribution in [0.2, 0.25) is 0 Å². The van der Waals surface area contributed by atoms with Crippen LogP contribution in [0.15, 0.2) is 0 Å². The first-order valence-corrected chi connectivity index (χ1v) is 7.57. The summed E-state index contributed by atoms with van der Waals surface area (Å²) in [6, 6.07) is 0. The summed E-state index contributed by atoms with van der Waals surface area (Å²) in [5.41, 5.74) is 0. The molecule has 0 amide bonds. The molecule has 0 saturated carbocycles. The van der Waals surface area contributed by atoms with Gasteiger partial charge in [0.05, 0.1) is 6.61 Å². The minimum Gasteiger partial charge on any atom is -0.462 e. The maximum Gasteiger partial charge on any atom is 0.377 e. The highest BCUT2D eigenvalue weighted by molar-refractivity contribution is 14.1. The molecular weight excluding hydrogens is 353 g/mol. The monoisotopic (exact) mass is 376 g/mol. The number of esters is 1. The van der Waals surface area contributed by atoms with E-state index in [9.17, 15) is 13.6 Å². The summed E-state index contributed by atoms with van der Waals surface area (Å²) in [4.78, 5) is 11.1. The number of alkyl halides is 3. The minimum absolute atomic E-state index is 0.0110. The van der Waals surface area contributed by atoms with Crippen molar-refractivity contribution < 1.29 is 18.3 Å². The number of carbonyl (C=O) groups excluding carboxylic acids is 1.